The van der Waals surface area contributed by atoms with Crippen LogP contribution in [0.4, 0.5) is 4.39 Å². The van der Waals surface area contributed by atoms with Crippen molar-refractivity contribution in [3.8, 4) is 0 Å². The quantitative estimate of drug-likeness (QED) is 0.862. The van der Waals surface area contributed by atoms with Crippen molar-refractivity contribution in [2.75, 3.05) is 19.6 Å². The van der Waals surface area contributed by atoms with E-state index in [9.17, 15) is 9.18 Å². The van der Waals surface area contributed by atoms with Crippen molar-refractivity contribution in [1.82, 2.24) is 15.2 Å². The fraction of sp³-hybridized carbons (Fsp3) is 0.429. The molecule has 0 unspecified atom stereocenters. The third kappa shape index (κ3) is 4.88. The van der Waals surface area contributed by atoms with E-state index in [1.54, 1.807) is 24.5 Å². The van der Waals surface area contributed by atoms with Crippen LogP contribution in [0.2, 0.25) is 0 Å². The van der Waals surface area contributed by atoms with Crippen LogP contribution in [0.15, 0.2) is 48.8 Å². The molecule has 1 atom stereocenters. The van der Waals surface area contributed by atoms with Crippen molar-refractivity contribution in [2.45, 2.75) is 32.2 Å². The number of aromatic nitrogens is 1. The molecule has 0 aliphatic carbocycles. The maximum Gasteiger partial charge on any atom is 0.221 e. The number of pyridine rings is 1. The van der Waals surface area contributed by atoms with E-state index in [0.29, 0.717) is 12.3 Å². The first-order valence-electron chi connectivity index (χ1n) is 9.33. The molecule has 1 aromatic carbocycles. The molecule has 1 saturated heterocycles. The molecule has 1 aliphatic heterocycles. The monoisotopic (exact) mass is 355 g/mol. The lowest BCUT2D eigenvalue weighted by Crippen LogP contribution is -2.36. The summed E-state index contributed by atoms with van der Waals surface area (Å²) in [6.07, 6.45) is 6.09. The number of piperidine rings is 1. The molecule has 0 saturated carbocycles. The van der Waals surface area contributed by atoms with Crippen LogP contribution in [-0.2, 0) is 4.79 Å². The molecular formula is C21H26FN3O. The summed E-state index contributed by atoms with van der Waals surface area (Å²) in [7, 11) is 0. The molecule has 1 aromatic heterocycles. The molecule has 0 bridgehead atoms. The molecule has 1 aliphatic rings. The molecular weight excluding hydrogens is 329 g/mol. The molecule has 5 heteroatoms. The number of nitrogens with one attached hydrogen (secondary N) is 1. The third-order valence-corrected chi connectivity index (χ3v) is 5.18. The van der Waals surface area contributed by atoms with E-state index in [1.807, 2.05) is 12.1 Å². The van der Waals surface area contributed by atoms with Gasteiger partial charge in [-0.15, -0.1) is 0 Å². The number of benzene rings is 1. The average Bonchev–Trinajstić information content (AvgIpc) is 2.68. The van der Waals surface area contributed by atoms with Gasteiger partial charge < -0.3 is 10.2 Å². The maximum absolute atomic E-state index is 13.3. The molecule has 4 nitrogen and oxygen atoms in total. The first-order valence-corrected chi connectivity index (χ1v) is 9.33. The predicted octanol–water partition coefficient (Wildman–Crippen LogP) is 3.55. The second kappa shape index (κ2) is 8.90. The summed E-state index contributed by atoms with van der Waals surface area (Å²) in [4.78, 5) is 19.1. The summed E-state index contributed by atoms with van der Waals surface area (Å²) in [5.74, 6) is 0.200. The minimum atomic E-state index is -0.290. The number of amides is 1. The number of hydrogen-bond acceptors (Lipinski definition) is 3. The zero-order valence-electron chi connectivity index (χ0n) is 15.2. The third-order valence-electron chi connectivity index (χ3n) is 5.18. The van der Waals surface area contributed by atoms with Crippen LogP contribution in [0.5, 0.6) is 0 Å². The molecule has 138 valence electrons. The highest BCUT2D eigenvalue weighted by Crippen LogP contribution is 2.24. The Labute approximate surface area is 154 Å². The van der Waals surface area contributed by atoms with Gasteiger partial charge in [0.15, 0.2) is 0 Å². The van der Waals surface area contributed by atoms with E-state index in [1.165, 1.54) is 12.1 Å². The highest BCUT2D eigenvalue weighted by atomic mass is 19.1. The lowest BCUT2D eigenvalue weighted by Gasteiger charge is -2.31. The fourth-order valence-corrected chi connectivity index (χ4v) is 3.56. The zero-order valence-corrected chi connectivity index (χ0v) is 15.2. The van der Waals surface area contributed by atoms with Gasteiger partial charge in [0.2, 0.25) is 5.91 Å². The molecule has 0 spiro atoms. The van der Waals surface area contributed by atoms with Gasteiger partial charge in [0.05, 0.1) is 6.04 Å². The van der Waals surface area contributed by atoms with E-state index >= 15 is 0 Å². The largest absolute Gasteiger partial charge is 0.345 e. The van der Waals surface area contributed by atoms with Crippen molar-refractivity contribution in [2.24, 2.45) is 5.92 Å². The average molecular weight is 355 g/mol. The standard InChI is InChI=1S/C21H26FN3O/c1-2-25-13-9-16(10-14-25)15-20(26)24-21(18-7-11-23-12-8-18)17-3-5-19(22)6-4-17/h3-8,11-12,16,21H,2,9-10,13-15H2,1H3,(H,24,26)/t21-/m0/s1. The van der Waals surface area contributed by atoms with Crippen LogP contribution in [0, 0.1) is 11.7 Å². The summed E-state index contributed by atoms with van der Waals surface area (Å²) in [5.41, 5.74) is 1.81. The Balaban J connectivity index is 1.68. The first kappa shape index (κ1) is 18.5. The fourth-order valence-electron chi connectivity index (χ4n) is 3.56. The van der Waals surface area contributed by atoms with Crippen molar-refractivity contribution in [1.29, 1.82) is 0 Å². The highest BCUT2D eigenvalue weighted by Gasteiger charge is 2.23. The Hall–Kier alpha value is -2.27. The Kier molecular flexibility index (Phi) is 6.34. The lowest BCUT2D eigenvalue weighted by molar-refractivity contribution is -0.122. The van der Waals surface area contributed by atoms with E-state index in [-0.39, 0.29) is 17.8 Å². The molecule has 2 heterocycles. The second-order valence-electron chi connectivity index (χ2n) is 6.91. The number of halogens is 1. The number of nitrogens with zero attached hydrogens (tertiary/aromatic N) is 2. The van der Waals surface area contributed by atoms with E-state index in [2.05, 4.69) is 22.1 Å². The molecule has 0 radical (unpaired) electrons. The Morgan fingerprint density at radius 2 is 1.77 bits per heavy atom. The molecule has 2 aromatic rings. The number of carbonyl (C=O) groups is 1. The van der Waals surface area contributed by atoms with Crippen LogP contribution in [0.3, 0.4) is 0 Å². The van der Waals surface area contributed by atoms with Crippen LogP contribution >= 0.6 is 0 Å². The highest BCUT2D eigenvalue weighted by molar-refractivity contribution is 5.77. The van der Waals surface area contributed by atoms with Gasteiger partial charge in [-0.3, -0.25) is 9.78 Å². The van der Waals surface area contributed by atoms with E-state index in [0.717, 1.165) is 43.6 Å². The summed E-state index contributed by atoms with van der Waals surface area (Å²) < 4.78 is 13.3. The Morgan fingerprint density at radius 1 is 1.15 bits per heavy atom. The van der Waals surface area contributed by atoms with Gasteiger partial charge in [0.25, 0.3) is 0 Å². The summed E-state index contributed by atoms with van der Waals surface area (Å²) >= 11 is 0. The van der Waals surface area contributed by atoms with Crippen molar-refractivity contribution >= 4 is 5.91 Å². The van der Waals surface area contributed by atoms with Crippen molar-refractivity contribution in [3.05, 3.63) is 65.7 Å². The second-order valence-corrected chi connectivity index (χ2v) is 6.91. The summed E-state index contributed by atoms with van der Waals surface area (Å²) in [6.45, 7) is 5.39. The van der Waals surface area contributed by atoms with Gasteiger partial charge in [-0.1, -0.05) is 19.1 Å². The summed E-state index contributed by atoms with van der Waals surface area (Å²) in [5, 5.41) is 3.14. The number of likely N-dealkylation sites (tertiary alicyclic amines) is 1. The molecule has 1 N–H and O–H groups in total. The number of rotatable bonds is 6. The molecule has 26 heavy (non-hydrogen) atoms. The SMILES string of the molecule is CCN1CCC(CC(=O)N[C@H](c2ccncc2)c2ccc(F)cc2)CC1. The first-order chi connectivity index (χ1) is 12.7. The number of carbonyl (C=O) groups excluding carboxylic acids is 1. The van der Waals surface area contributed by atoms with Gasteiger partial charge in [0, 0.05) is 18.8 Å². The van der Waals surface area contributed by atoms with Crippen LogP contribution in [0.1, 0.15) is 43.4 Å². The van der Waals surface area contributed by atoms with Crippen LogP contribution < -0.4 is 5.32 Å². The van der Waals surface area contributed by atoms with E-state index < -0.39 is 0 Å². The van der Waals surface area contributed by atoms with Crippen LogP contribution in [-0.4, -0.2) is 35.4 Å². The van der Waals surface area contributed by atoms with Gasteiger partial charge >= 0.3 is 0 Å². The topological polar surface area (TPSA) is 45.2 Å². The minimum absolute atomic E-state index is 0.0473. The van der Waals surface area contributed by atoms with Gasteiger partial charge in [-0.05, 0) is 73.8 Å². The maximum atomic E-state index is 13.3. The van der Waals surface area contributed by atoms with Gasteiger partial charge in [0.1, 0.15) is 5.82 Å². The molecule has 1 fully saturated rings. The molecule has 3 rings (SSSR count). The smallest absolute Gasteiger partial charge is 0.221 e. The van der Waals surface area contributed by atoms with Crippen LogP contribution in [0.25, 0.3) is 0 Å². The number of hydrogen-bond donors (Lipinski definition) is 1. The van der Waals surface area contributed by atoms with Gasteiger partial charge in [-0.2, -0.15) is 0 Å². The van der Waals surface area contributed by atoms with Gasteiger partial charge in [-0.25, -0.2) is 4.39 Å². The van der Waals surface area contributed by atoms with Crippen molar-refractivity contribution < 1.29 is 9.18 Å². The van der Waals surface area contributed by atoms with E-state index in [4.69, 9.17) is 0 Å². The predicted molar refractivity (Wildman–Crippen MR) is 100 cm³/mol. The summed E-state index contributed by atoms with van der Waals surface area (Å²) in [6, 6.07) is 9.77. The van der Waals surface area contributed by atoms with Crippen molar-refractivity contribution in [3.63, 3.8) is 0 Å². The Bertz CT molecular complexity index is 697. The normalized spacial score (nSPS) is 17.0. The minimum Gasteiger partial charge on any atom is -0.345 e. The lowest BCUT2D eigenvalue weighted by atomic mass is 9.92. The Morgan fingerprint density at radius 3 is 2.38 bits per heavy atom. The zero-order chi connectivity index (χ0) is 18.4. The molecule has 1 amide bonds.